The van der Waals surface area contributed by atoms with Gasteiger partial charge < -0.3 is 0 Å². The molecule has 136 valence electrons. The van der Waals surface area contributed by atoms with Crippen molar-refractivity contribution in [2.75, 3.05) is 4.72 Å². The number of nitrogens with zero attached hydrogens (tertiary/aromatic N) is 2. The van der Waals surface area contributed by atoms with Crippen LogP contribution in [0.4, 0.5) is 5.69 Å². The molecule has 1 aromatic heterocycles. The van der Waals surface area contributed by atoms with Crippen molar-refractivity contribution in [3.8, 4) is 0 Å². The first-order chi connectivity index (χ1) is 13.0. The van der Waals surface area contributed by atoms with E-state index in [1.165, 1.54) is 0 Å². The van der Waals surface area contributed by atoms with Crippen molar-refractivity contribution in [2.45, 2.75) is 18.4 Å². The molecular weight excluding hydrogens is 358 g/mol. The molecule has 0 bridgehead atoms. The van der Waals surface area contributed by atoms with Crippen LogP contribution in [0.5, 0.6) is 0 Å². The zero-order valence-electron chi connectivity index (χ0n) is 14.8. The van der Waals surface area contributed by atoms with E-state index < -0.39 is 10.0 Å². The van der Waals surface area contributed by atoms with Crippen LogP contribution in [0.2, 0.25) is 0 Å². The van der Waals surface area contributed by atoms with Crippen molar-refractivity contribution in [3.05, 3.63) is 90.1 Å². The molecule has 0 aliphatic rings. The largest absolute Gasteiger partial charge is 0.280 e. The lowest BCUT2D eigenvalue weighted by Gasteiger charge is -2.09. The summed E-state index contributed by atoms with van der Waals surface area (Å²) >= 11 is 0. The van der Waals surface area contributed by atoms with E-state index in [-0.39, 0.29) is 4.90 Å². The predicted octanol–water partition coefficient (Wildman–Crippen LogP) is 4.19. The summed E-state index contributed by atoms with van der Waals surface area (Å²) in [7, 11) is -3.62. The summed E-state index contributed by atoms with van der Waals surface area (Å²) in [6.45, 7) is 2.59. The lowest BCUT2D eigenvalue weighted by atomic mass is 10.2. The van der Waals surface area contributed by atoms with Crippen LogP contribution in [0.1, 0.15) is 11.1 Å². The van der Waals surface area contributed by atoms with Gasteiger partial charge in [0.2, 0.25) is 0 Å². The second-order valence-electron chi connectivity index (χ2n) is 6.48. The zero-order valence-corrected chi connectivity index (χ0v) is 15.6. The molecule has 3 aromatic carbocycles. The monoisotopic (exact) mass is 377 g/mol. The highest BCUT2D eigenvalue weighted by molar-refractivity contribution is 7.92. The van der Waals surface area contributed by atoms with Gasteiger partial charge >= 0.3 is 0 Å². The minimum absolute atomic E-state index is 0.243. The van der Waals surface area contributed by atoms with Gasteiger partial charge in [0, 0.05) is 11.1 Å². The summed E-state index contributed by atoms with van der Waals surface area (Å²) in [5, 5.41) is 5.32. The lowest BCUT2D eigenvalue weighted by Crippen LogP contribution is -2.12. The molecule has 0 unspecified atom stereocenters. The lowest BCUT2D eigenvalue weighted by molar-refractivity contribution is 0.601. The molecule has 0 atom stereocenters. The molecular formula is C21H19N3O2S. The third-order valence-electron chi connectivity index (χ3n) is 4.40. The summed E-state index contributed by atoms with van der Waals surface area (Å²) in [6.07, 6.45) is 1.75. The van der Waals surface area contributed by atoms with Gasteiger partial charge in [-0.1, -0.05) is 48.0 Å². The number of sulfonamides is 1. The highest BCUT2D eigenvalue weighted by atomic mass is 32.2. The third kappa shape index (κ3) is 3.71. The van der Waals surface area contributed by atoms with Crippen molar-refractivity contribution in [3.63, 3.8) is 0 Å². The third-order valence-corrected chi connectivity index (χ3v) is 5.80. The Kier molecular flexibility index (Phi) is 4.41. The fraction of sp³-hybridized carbons (Fsp3) is 0.0952. The van der Waals surface area contributed by atoms with Crippen molar-refractivity contribution in [1.29, 1.82) is 0 Å². The van der Waals surface area contributed by atoms with E-state index in [2.05, 4.69) is 22.0 Å². The van der Waals surface area contributed by atoms with Crippen LogP contribution in [0.15, 0.2) is 83.9 Å². The maximum atomic E-state index is 12.6. The first-order valence-electron chi connectivity index (χ1n) is 8.60. The van der Waals surface area contributed by atoms with E-state index in [1.807, 2.05) is 35.9 Å². The Morgan fingerprint density at radius 2 is 1.70 bits per heavy atom. The van der Waals surface area contributed by atoms with Gasteiger partial charge in [0.25, 0.3) is 10.0 Å². The molecule has 4 aromatic rings. The Bertz CT molecular complexity index is 1180. The van der Waals surface area contributed by atoms with E-state index in [0.29, 0.717) is 12.2 Å². The first-order valence-corrected chi connectivity index (χ1v) is 10.1. The van der Waals surface area contributed by atoms with Crippen molar-refractivity contribution in [1.82, 2.24) is 9.78 Å². The van der Waals surface area contributed by atoms with Crippen molar-refractivity contribution < 1.29 is 8.42 Å². The van der Waals surface area contributed by atoms with E-state index in [4.69, 9.17) is 0 Å². The van der Waals surface area contributed by atoms with E-state index in [1.54, 1.807) is 42.6 Å². The fourth-order valence-corrected chi connectivity index (χ4v) is 4.01. The standard InChI is InChI=1S/C21H19N3O2S/c1-16-7-10-20(11-8-16)27(25,26)23-19-9-12-21-18(13-19)14-22-24(21)15-17-5-3-2-4-6-17/h2-14,23H,15H2,1H3. The number of anilines is 1. The van der Waals surface area contributed by atoms with Gasteiger partial charge in [0.1, 0.15) is 0 Å². The Morgan fingerprint density at radius 1 is 0.963 bits per heavy atom. The second kappa shape index (κ2) is 6.89. The zero-order chi connectivity index (χ0) is 18.9. The summed E-state index contributed by atoms with van der Waals surface area (Å²) < 4.78 is 29.7. The molecule has 0 aliphatic carbocycles. The summed E-state index contributed by atoms with van der Waals surface area (Å²) in [4.78, 5) is 0.243. The quantitative estimate of drug-likeness (QED) is 0.567. The van der Waals surface area contributed by atoms with Gasteiger partial charge in [0.05, 0.1) is 23.2 Å². The van der Waals surface area contributed by atoms with Crippen LogP contribution >= 0.6 is 0 Å². The molecule has 0 saturated heterocycles. The number of hydrogen-bond acceptors (Lipinski definition) is 3. The molecule has 1 N–H and O–H groups in total. The maximum Gasteiger partial charge on any atom is 0.261 e. The minimum Gasteiger partial charge on any atom is -0.280 e. The Balaban J connectivity index is 1.60. The van der Waals surface area contributed by atoms with Crippen LogP contribution in [0.3, 0.4) is 0 Å². The molecule has 0 radical (unpaired) electrons. The van der Waals surface area contributed by atoms with Crippen molar-refractivity contribution >= 4 is 26.6 Å². The molecule has 0 spiro atoms. The summed E-state index contributed by atoms with van der Waals surface area (Å²) in [6, 6.07) is 22.3. The summed E-state index contributed by atoms with van der Waals surface area (Å²) in [5.74, 6) is 0. The number of benzene rings is 3. The first kappa shape index (κ1) is 17.3. The van der Waals surface area contributed by atoms with Gasteiger partial charge in [0.15, 0.2) is 0 Å². The summed E-state index contributed by atoms with van der Waals surface area (Å²) in [5.41, 5.74) is 3.65. The van der Waals surface area contributed by atoms with E-state index >= 15 is 0 Å². The Hall–Kier alpha value is -3.12. The van der Waals surface area contributed by atoms with E-state index in [9.17, 15) is 8.42 Å². The van der Waals surface area contributed by atoms with Gasteiger partial charge in [-0.2, -0.15) is 5.10 Å². The van der Waals surface area contributed by atoms with Crippen molar-refractivity contribution in [2.24, 2.45) is 0 Å². The number of fused-ring (bicyclic) bond motifs is 1. The predicted molar refractivity (Wildman–Crippen MR) is 107 cm³/mol. The highest BCUT2D eigenvalue weighted by Crippen LogP contribution is 2.22. The Morgan fingerprint density at radius 3 is 2.44 bits per heavy atom. The molecule has 0 saturated carbocycles. The van der Waals surface area contributed by atoms with Crippen LogP contribution < -0.4 is 4.72 Å². The van der Waals surface area contributed by atoms with Crippen LogP contribution in [0.25, 0.3) is 10.9 Å². The molecule has 1 heterocycles. The molecule has 4 rings (SSSR count). The molecule has 0 aliphatic heterocycles. The average Bonchev–Trinajstić information content (AvgIpc) is 3.05. The molecule has 5 nitrogen and oxygen atoms in total. The van der Waals surface area contributed by atoms with Crippen LogP contribution in [-0.4, -0.2) is 18.2 Å². The van der Waals surface area contributed by atoms with Gasteiger partial charge in [-0.3, -0.25) is 9.40 Å². The molecule has 0 fully saturated rings. The molecule has 0 amide bonds. The number of aromatic nitrogens is 2. The van der Waals surface area contributed by atoms with Crippen LogP contribution in [0, 0.1) is 6.92 Å². The van der Waals surface area contributed by atoms with Crippen LogP contribution in [-0.2, 0) is 16.6 Å². The smallest absolute Gasteiger partial charge is 0.261 e. The molecule has 6 heteroatoms. The van der Waals surface area contributed by atoms with Gasteiger partial charge in [-0.25, -0.2) is 8.42 Å². The number of nitrogens with one attached hydrogen (secondary N) is 1. The minimum atomic E-state index is -3.62. The topological polar surface area (TPSA) is 64.0 Å². The average molecular weight is 377 g/mol. The number of rotatable bonds is 5. The van der Waals surface area contributed by atoms with Gasteiger partial charge in [-0.05, 0) is 42.8 Å². The second-order valence-corrected chi connectivity index (χ2v) is 8.16. The fourth-order valence-electron chi connectivity index (χ4n) is 2.96. The SMILES string of the molecule is Cc1ccc(S(=O)(=O)Nc2ccc3c(cnn3Cc3ccccc3)c2)cc1. The van der Waals surface area contributed by atoms with Gasteiger partial charge in [-0.15, -0.1) is 0 Å². The number of aryl methyl sites for hydroxylation is 1. The van der Waals surface area contributed by atoms with E-state index in [0.717, 1.165) is 22.0 Å². The molecule has 27 heavy (non-hydrogen) atoms. The normalized spacial score (nSPS) is 11.6. The highest BCUT2D eigenvalue weighted by Gasteiger charge is 2.14. The Labute approximate surface area is 158 Å². The number of hydrogen-bond donors (Lipinski definition) is 1. The maximum absolute atomic E-state index is 12.6.